The molecule has 24 heavy (non-hydrogen) atoms. The highest BCUT2D eigenvalue weighted by Crippen LogP contribution is 2.38. The van der Waals surface area contributed by atoms with E-state index >= 15 is 0 Å². The van der Waals surface area contributed by atoms with E-state index in [0.717, 1.165) is 19.5 Å². The van der Waals surface area contributed by atoms with Crippen LogP contribution in [0.4, 0.5) is 0 Å². The van der Waals surface area contributed by atoms with Gasteiger partial charge in [-0.15, -0.1) is 0 Å². The molecular weight excluding hydrogens is 304 g/mol. The smallest absolute Gasteiger partial charge is 0.289 e. The summed E-state index contributed by atoms with van der Waals surface area (Å²) in [6.07, 6.45) is 9.68. The van der Waals surface area contributed by atoms with E-state index in [1.165, 1.54) is 32.1 Å². The summed E-state index contributed by atoms with van der Waals surface area (Å²) < 4.78 is 5.26. The van der Waals surface area contributed by atoms with Crippen molar-refractivity contribution in [2.24, 2.45) is 5.92 Å². The number of hydrogen-bond donors (Lipinski definition) is 1. The first-order valence-corrected chi connectivity index (χ1v) is 9.45. The lowest BCUT2D eigenvalue weighted by Crippen LogP contribution is -2.62. The van der Waals surface area contributed by atoms with Crippen LogP contribution in [0.2, 0.25) is 0 Å². The van der Waals surface area contributed by atoms with Crippen molar-refractivity contribution in [3.05, 3.63) is 24.2 Å². The maximum absolute atomic E-state index is 12.6. The fraction of sp³-hybridized carbons (Fsp3) is 0.737. The molecule has 0 bridgehead atoms. The Balaban J connectivity index is 1.44. The van der Waals surface area contributed by atoms with Crippen molar-refractivity contribution in [2.45, 2.75) is 56.6 Å². The van der Waals surface area contributed by atoms with Crippen molar-refractivity contribution in [1.29, 1.82) is 0 Å². The van der Waals surface area contributed by atoms with E-state index in [-0.39, 0.29) is 11.8 Å². The lowest BCUT2D eigenvalue weighted by atomic mass is 9.74. The van der Waals surface area contributed by atoms with E-state index < -0.39 is 5.60 Å². The van der Waals surface area contributed by atoms with E-state index in [1.807, 2.05) is 4.90 Å². The summed E-state index contributed by atoms with van der Waals surface area (Å²) in [7, 11) is 0. The van der Waals surface area contributed by atoms with Gasteiger partial charge in [-0.1, -0.05) is 19.3 Å². The first-order valence-electron chi connectivity index (χ1n) is 9.45. The number of furan rings is 1. The van der Waals surface area contributed by atoms with Gasteiger partial charge in [0.15, 0.2) is 5.76 Å². The topological polar surface area (TPSA) is 56.9 Å². The molecule has 132 valence electrons. The van der Waals surface area contributed by atoms with Gasteiger partial charge in [0, 0.05) is 38.1 Å². The molecular formula is C19H28N2O3. The summed E-state index contributed by atoms with van der Waals surface area (Å²) in [5.41, 5.74) is -0.592. The molecule has 3 heterocycles. The molecule has 1 aliphatic carbocycles. The number of nitrogens with zero attached hydrogens (tertiary/aromatic N) is 2. The van der Waals surface area contributed by atoms with Crippen LogP contribution in [-0.4, -0.2) is 58.6 Å². The van der Waals surface area contributed by atoms with Crippen LogP contribution in [0.25, 0.3) is 0 Å². The molecule has 1 N–H and O–H groups in total. The standard InChI is InChI=1S/C19H28N2O3/c22-18(17-7-4-12-24-17)21-11-9-19(23)8-10-20(13-15(19)14-21)16-5-2-1-3-6-16/h4,7,12,15-16,23H,1-3,5-6,8-11,13-14H2/t15-,19-/m0/s1. The van der Waals surface area contributed by atoms with Crippen molar-refractivity contribution >= 4 is 5.91 Å². The molecule has 2 saturated heterocycles. The normalized spacial score (nSPS) is 32.5. The summed E-state index contributed by atoms with van der Waals surface area (Å²) >= 11 is 0. The van der Waals surface area contributed by atoms with Crippen molar-refractivity contribution in [1.82, 2.24) is 9.80 Å². The highest BCUT2D eigenvalue weighted by Gasteiger charge is 2.47. The van der Waals surface area contributed by atoms with Crippen LogP contribution in [0.15, 0.2) is 22.8 Å². The third-order valence-electron chi connectivity index (χ3n) is 6.41. The number of amides is 1. The first kappa shape index (κ1) is 16.2. The van der Waals surface area contributed by atoms with Crippen LogP contribution in [0.5, 0.6) is 0 Å². The van der Waals surface area contributed by atoms with Crippen molar-refractivity contribution < 1.29 is 14.3 Å². The summed E-state index contributed by atoms with van der Waals surface area (Å²) in [6.45, 7) is 3.18. The van der Waals surface area contributed by atoms with Crippen molar-refractivity contribution in [2.75, 3.05) is 26.2 Å². The molecule has 1 aromatic rings. The van der Waals surface area contributed by atoms with E-state index in [4.69, 9.17) is 4.42 Å². The van der Waals surface area contributed by atoms with Crippen LogP contribution in [0, 0.1) is 5.92 Å². The molecule has 1 saturated carbocycles. The molecule has 0 aromatic carbocycles. The minimum atomic E-state index is -0.592. The van der Waals surface area contributed by atoms with Gasteiger partial charge in [0.1, 0.15) is 0 Å². The summed E-state index contributed by atoms with van der Waals surface area (Å²) in [5.74, 6) is 0.512. The van der Waals surface area contributed by atoms with Crippen LogP contribution in [0.3, 0.4) is 0 Å². The molecule has 0 unspecified atom stereocenters. The summed E-state index contributed by atoms with van der Waals surface area (Å²) in [4.78, 5) is 17.0. The average molecular weight is 332 g/mol. The number of likely N-dealkylation sites (tertiary alicyclic amines) is 2. The van der Waals surface area contributed by atoms with E-state index in [1.54, 1.807) is 18.4 Å². The highest BCUT2D eigenvalue weighted by atomic mass is 16.3. The van der Waals surface area contributed by atoms with Crippen LogP contribution in [0.1, 0.15) is 55.5 Å². The summed E-state index contributed by atoms with van der Waals surface area (Å²) in [5, 5.41) is 11.0. The van der Waals surface area contributed by atoms with Crippen LogP contribution < -0.4 is 0 Å². The van der Waals surface area contributed by atoms with Crippen molar-refractivity contribution in [3.63, 3.8) is 0 Å². The third kappa shape index (κ3) is 3.00. The molecule has 4 rings (SSSR count). The van der Waals surface area contributed by atoms with Gasteiger partial charge < -0.3 is 14.4 Å². The molecule has 0 spiro atoms. The number of aliphatic hydroxyl groups is 1. The molecule has 2 atom stereocenters. The Labute approximate surface area is 143 Å². The predicted octanol–water partition coefficient (Wildman–Crippen LogP) is 2.51. The zero-order chi connectivity index (χ0) is 16.6. The second-order valence-electron chi connectivity index (χ2n) is 7.82. The molecule has 1 amide bonds. The fourth-order valence-corrected chi connectivity index (χ4v) is 4.85. The average Bonchev–Trinajstić information content (AvgIpc) is 3.15. The minimum Gasteiger partial charge on any atom is -0.459 e. The van der Waals surface area contributed by atoms with Gasteiger partial charge in [0.05, 0.1) is 11.9 Å². The Morgan fingerprint density at radius 2 is 1.96 bits per heavy atom. The Morgan fingerprint density at radius 1 is 1.17 bits per heavy atom. The number of carbonyl (C=O) groups excluding carboxylic acids is 1. The van der Waals surface area contributed by atoms with E-state index in [9.17, 15) is 9.90 Å². The number of rotatable bonds is 2. The largest absolute Gasteiger partial charge is 0.459 e. The monoisotopic (exact) mass is 332 g/mol. The van der Waals surface area contributed by atoms with Gasteiger partial charge in [-0.05, 0) is 37.8 Å². The Bertz CT molecular complexity index is 567. The second kappa shape index (κ2) is 6.52. The van der Waals surface area contributed by atoms with Crippen molar-refractivity contribution in [3.8, 4) is 0 Å². The maximum atomic E-state index is 12.6. The molecule has 3 aliphatic rings. The fourth-order valence-electron chi connectivity index (χ4n) is 4.85. The van der Waals surface area contributed by atoms with Gasteiger partial charge in [-0.2, -0.15) is 0 Å². The first-order chi connectivity index (χ1) is 11.7. The highest BCUT2D eigenvalue weighted by molar-refractivity contribution is 5.91. The molecule has 3 fully saturated rings. The van der Waals surface area contributed by atoms with Gasteiger partial charge >= 0.3 is 0 Å². The van der Waals surface area contributed by atoms with E-state index in [0.29, 0.717) is 31.3 Å². The molecule has 5 heteroatoms. The van der Waals surface area contributed by atoms with E-state index in [2.05, 4.69) is 4.90 Å². The predicted molar refractivity (Wildman–Crippen MR) is 90.7 cm³/mol. The SMILES string of the molecule is O=C(c1ccco1)N1CC[C@@]2(O)CCN(C3CCCCC3)C[C@H]2C1. The maximum Gasteiger partial charge on any atom is 0.289 e. The quantitative estimate of drug-likeness (QED) is 0.904. The minimum absolute atomic E-state index is 0.0446. The number of piperidine rings is 2. The lowest BCUT2D eigenvalue weighted by Gasteiger charge is -2.52. The molecule has 0 radical (unpaired) electrons. The number of fused-ring (bicyclic) bond motifs is 1. The lowest BCUT2D eigenvalue weighted by molar-refractivity contribution is -0.115. The van der Waals surface area contributed by atoms with Gasteiger partial charge in [0.2, 0.25) is 0 Å². The second-order valence-corrected chi connectivity index (χ2v) is 7.82. The van der Waals surface area contributed by atoms with Crippen LogP contribution in [-0.2, 0) is 0 Å². The van der Waals surface area contributed by atoms with Gasteiger partial charge in [-0.3, -0.25) is 9.69 Å². The zero-order valence-electron chi connectivity index (χ0n) is 14.3. The zero-order valence-corrected chi connectivity index (χ0v) is 14.3. The number of hydrogen-bond acceptors (Lipinski definition) is 4. The van der Waals surface area contributed by atoms with Gasteiger partial charge in [0.25, 0.3) is 5.91 Å². The third-order valence-corrected chi connectivity index (χ3v) is 6.41. The molecule has 5 nitrogen and oxygen atoms in total. The molecule has 1 aromatic heterocycles. The van der Waals surface area contributed by atoms with Gasteiger partial charge in [-0.25, -0.2) is 0 Å². The Kier molecular flexibility index (Phi) is 4.39. The Hall–Kier alpha value is -1.33. The summed E-state index contributed by atoms with van der Waals surface area (Å²) in [6, 6.07) is 4.15. The Morgan fingerprint density at radius 3 is 2.71 bits per heavy atom. The van der Waals surface area contributed by atoms with Crippen LogP contribution >= 0.6 is 0 Å². The molecule has 2 aliphatic heterocycles. The number of carbonyl (C=O) groups is 1.